The Labute approximate surface area is 156 Å². The number of hydrogen-bond acceptors (Lipinski definition) is 3. The van der Waals surface area contributed by atoms with Crippen LogP contribution in [-0.2, 0) is 6.54 Å². The standard InChI is InChI=1S/C21H30N4O/c1-4-16(2)25-17(3)20(14-22-25)21(26)23-19-10-12-24(13-11-19)15-18-8-6-5-7-9-18/h5-9,14,16,19H,4,10-13,15H2,1-3H3,(H,23,26)/t16-/m0/s1. The number of hydrogen-bond donors (Lipinski definition) is 1. The summed E-state index contributed by atoms with van der Waals surface area (Å²) in [7, 11) is 0. The summed E-state index contributed by atoms with van der Waals surface area (Å²) >= 11 is 0. The molecule has 0 saturated carbocycles. The van der Waals surface area contributed by atoms with Crippen molar-refractivity contribution in [3.63, 3.8) is 0 Å². The van der Waals surface area contributed by atoms with Gasteiger partial charge >= 0.3 is 0 Å². The summed E-state index contributed by atoms with van der Waals surface area (Å²) in [6.45, 7) is 9.27. The molecule has 1 atom stereocenters. The van der Waals surface area contributed by atoms with Gasteiger partial charge in [0, 0.05) is 37.4 Å². The molecule has 0 bridgehead atoms. The molecular formula is C21H30N4O. The van der Waals surface area contributed by atoms with Gasteiger partial charge in [0.2, 0.25) is 0 Å². The Morgan fingerprint density at radius 1 is 1.27 bits per heavy atom. The summed E-state index contributed by atoms with van der Waals surface area (Å²) in [6.07, 6.45) is 4.71. The van der Waals surface area contributed by atoms with E-state index in [1.807, 2.05) is 11.6 Å². The van der Waals surface area contributed by atoms with Crippen LogP contribution in [0.25, 0.3) is 0 Å². The summed E-state index contributed by atoms with van der Waals surface area (Å²) in [4.78, 5) is 15.1. The highest BCUT2D eigenvalue weighted by molar-refractivity contribution is 5.95. The van der Waals surface area contributed by atoms with Crippen LogP contribution in [-0.4, -0.2) is 39.7 Å². The Kier molecular flexibility index (Phi) is 6.09. The number of carbonyl (C=O) groups is 1. The van der Waals surface area contributed by atoms with Crippen LogP contribution in [0.1, 0.15) is 60.8 Å². The van der Waals surface area contributed by atoms with Crippen LogP contribution in [0.4, 0.5) is 0 Å². The van der Waals surface area contributed by atoms with Crippen molar-refractivity contribution in [2.75, 3.05) is 13.1 Å². The SMILES string of the molecule is CC[C@H](C)n1ncc(C(=O)NC2CCN(Cc3ccccc3)CC2)c1C. The van der Waals surface area contributed by atoms with Crippen LogP contribution in [0.3, 0.4) is 0 Å². The van der Waals surface area contributed by atoms with Crippen LogP contribution >= 0.6 is 0 Å². The molecule has 0 radical (unpaired) electrons. The number of amides is 1. The Morgan fingerprint density at radius 3 is 2.62 bits per heavy atom. The first-order valence-electron chi connectivity index (χ1n) is 9.69. The molecule has 1 N–H and O–H groups in total. The van der Waals surface area contributed by atoms with Gasteiger partial charge in [-0.25, -0.2) is 0 Å². The first-order chi connectivity index (χ1) is 12.6. The molecule has 0 unspecified atom stereocenters. The number of carbonyl (C=O) groups excluding carboxylic acids is 1. The topological polar surface area (TPSA) is 50.2 Å². The Bertz CT molecular complexity index is 717. The maximum Gasteiger partial charge on any atom is 0.254 e. The molecule has 140 valence electrons. The lowest BCUT2D eigenvalue weighted by Crippen LogP contribution is -2.44. The average molecular weight is 354 g/mol. The number of nitrogens with one attached hydrogen (secondary N) is 1. The predicted molar refractivity (Wildman–Crippen MR) is 104 cm³/mol. The van der Waals surface area contributed by atoms with Crippen LogP contribution in [0.2, 0.25) is 0 Å². The molecule has 1 saturated heterocycles. The predicted octanol–water partition coefficient (Wildman–Crippen LogP) is 3.56. The van der Waals surface area contributed by atoms with Crippen LogP contribution < -0.4 is 5.32 Å². The summed E-state index contributed by atoms with van der Waals surface area (Å²) in [5.74, 6) is 0.0126. The average Bonchev–Trinajstić information content (AvgIpc) is 3.05. The Morgan fingerprint density at radius 2 is 1.96 bits per heavy atom. The van der Waals surface area contributed by atoms with Gasteiger partial charge < -0.3 is 5.32 Å². The lowest BCUT2D eigenvalue weighted by molar-refractivity contribution is 0.0908. The second kappa shape index (κ2) is 8.49. The highest BCUT2D eigenvalue weighted by atomic mass is 16.1. The van der Waals surface area contributed by atoms with Crippen LogP contribution in [0.15, 0.2) is 36.5 Å². The van der Waals surface area contributed by atoms with Crippen molar-refractivity contribution in [3.8, 4) is 0 Å². The van der Waals surface area contributed by atoms with Gasteiger partial charge in [-0.3, -0.25) is 14.4 Å². The molecule has 2 aromatic rings. The lowest BCUT2D eigenvalue weighted by atomic mass is 10.0. The number of benzene rings is 1. The number of piperidine rings is 1. The number of likely N-dealkylation sites (tertiary alicyclic amines) is 1. The molecule has 1 amide bonds. The lowest BCUT2D eigenvalue weighted by Gasteiger charge is -2.32. The normalized spacial score (nSPS) is 17.2. The fourth-order valence-corrected chi connectivity index (χ4v) is 3.60. The number of rotatable bonds is 6. The van der Waals surface area contributed by atoms with Gasteiger partial charge in [-0.2, -0.15) is 5.10 Å². The van der Waals surface area contributed by atoms with E-state index < -0.39 is 0 Å². The van der Waals surface area contributed by atoms with E-state index >= 15 is 0 Å². The largest absolute Gasteiger partial charge is 0.349 e. The smallest absolute Gasteiger partial charge is 0.254 e. The third-order valence-electron chi connectivity index (χ3n) is 5.47. The van der Waals surface area contributed by atoms with Crippen molar-refractivity contribution in [1.29, 1.82) is 0 Å². The molecule has 1 aromatic carbocycles. The fraction of sp³-hybridized carbons (Fsp3) is 0.524. The fourth-order valence-electron chi connectivity index (χ4n) is 3.60. The maximum atomic E-state index is 12.7. The van der Waals surface area contributed by atoms with Gasteiger partial charge in [-0.05, 0) is 38.7 Å². The summed E-state index contributed by atoms with van der Waals surface area (Å²) in [5, 5.41) is 7.62. The van der Waals surface area contributed by atoms with E-state index in [-0.39, 0.29) is 11.9 Å². The molecule has 5 nitrogen and oxygen atoms in total. The Balaban J connectivity index is 1.51. The molecule has 26 heavy (non-hydrogen) atoms. The minimum atomic E-state index is 0.0126. The quantitative estimate of drug-likeness (QED) is 0.863. The summed E-state index contributed by atoms with van der Waals surface area (Å²) < 4.78 is 1.96. The van der Waals surface area contributed by atoms with E-state index in [0.29, 0.717) is 11.6 Å². The zero-order chi connectivity index (χ0) is 18.5. The molecular weight excluding hydrogens is 324 g/mol. The molecule has 5 heteroatoms. The third-order valence-corrected chi connectivity index (χ3v) is 5.47. The second-order valence-corrected chi connectivity index (χ2v) is 7.35. The van der Waals surface area contributed by atoms with Gasteiger partial charge in [0.25, 0.3) is 5.91 Å². The number of nitrogens with zero attached hydrogens (tertiary/aromatic N) is 3. The first kappa shape index (κ1) is 18.6. The van der Waals surface area contributed by atoms with E-state index in [9.17, 15) is 4.79 Å². The van der Waals surface area contributed by atoms with Crippen LogP contribution in [0.5, 0.6) is 0 Å². The van der Waals surface area contributed by atoms with Crippen molar-refractivity contribution in [2.45, 2.75) is 58.7 Å². The van der Waals surface area contributed by atoms with E-state index in [0.717, 1.165) is 44.6 Å². The van der Waals surface area contributed by atoms with Crippen molar-refractivity contribution < 1.29 is 4.79 Å². The van der Waals surface area contributed by atoms with Crippen molar-refractivity contribution in [3.05, 3.63) is 53.3 Å². The highest BCUT2D eigenvalue weighted by Crippen LogP contribution is 2.18. The molecule has 3 rings (SSSR count). The third kappa shape index (κ3) is 4.33. The molecule has 0 spiro atoms. The van der Waals surface area contributed by atoms with Gasteiger partial charge in [-0.15, -0.1) is 0 Å². The van der Waals surface area contributed by atoms with E-state index in [4.69, 9.17) is 0 Å². The molecule has 1 aliphatic heterocycles. The molecule has 1 aromatic heterocycles. The van der Waals surface area contributed by atoms with Crippen molar-refractivity contribution >= 4 is 5.91 Å². The van der Waals surface area contributed by atoms with Crippen molar-refractivity contribution in [1.82, 2.24) is 20.0 Å². The maximum absolute atomic E-state index is 12.7. The van der Waals surface area contributed by atoms with Gasteiger partial charge in [-0.1, -0.05) is 37.3 Å². The zero-order valence-electron chi connectivity index (χ0n) is 16.1. The zero-order valence-corrected chi connectivity index (χ0v) is 16.1. The highest BCUT2D eigenvalue weighted by Gasteiger charge is 2.23. The van der Waals surface area contributed by atoms with Gasteiger partial charge in [0.05, 0.1) is 11.8 Å². The van der Waals surface area contributed by atoms with E-state index in [2.05, 4.69) is 59.5 Å². The molecule has 1 fully saturated rings. The van der Waals surface area contributed by atoms with E-state index in [1.54, 1.807) is 6.20 Å². The molecule has 2 heterocycles. The number of aromatic nitrogens is 2. The van der Waals surface area contributed by atoms with Gasteiger partial charge in [0.1, 0.15) is 0 Å². The minimum absolute atomic E-state index is 0.0126. The molecule has 0 aliphatic carbocycles. The van der Waals surface area contributed by atoms with Gasteiger partial charge in [0.15, 0.2) is 0 Å². The molecule has 1 aliphatic rings. The second-order valence-electron chi connectivity index (χ2n) is 7.35. The first-order valence-corrected chi connectivity index (χ1v) is 9.69. The van der Waals surface area contributed by atoms with Crippen LogP contribution in [0, 0.1) is 6.92 Å². The summed E-state index contributed by atoms with van der Waals surface area (Å²) in [5.41, 5.74) is 3.01. The Hall–Kier alpha value is -2.14. The summed E-state index contributed by atoms with van der Waals surface area (Å²) in [6, 6.07) is 11.1. The monoisotopic (exact) mass is 354 g/mol. The van der Waals surface area contributed by atoms with E-state index in [1.165, 1.54) is 5.56 Å². The minimum Gasteiger partial charge on any atom is -0.349 e. The van der Waals surface area contributed by atoms with Crippen molar-refractivity contribution in [2.24, 2.45) is 0 Å².